The van der Waals surface area contributed by atoms with Gasteiger partial charge in [-0.2, -0.15) is 0 Å². The molecule has 8 heteroatoms. The lowest BCUT2D eigenvalue weighted by Gasteiger charge is -2.37. The van der Waals surface area contributed by atoms with Gasteiger partial charge in [-0.3, -0.25) is 0 Å². The fourth-order valence-corrected chi connectivity index (χ4v) is 3.65. The van der Waals surface area contributed by atoms with Crippen LogP contribution in [0, 0.1) is 5.82 Å². The molecule has 1 aromatic carbocycles. The highest BCUT2D eigenvalue weighted by Gasteiger charge is 2.26. The second kappa shape index (κ2) is 10.8. The van der Waals surface area contributed by atoms with Crippen LogP contribution in [0.1, 0.15) is 51.7 Å². The molecule has 0 bridgehead atoms. The Balaban J connectivity index is 0.00000300. The van der Waals surface area contributed by atoms with E-state index in [1.54, 1.807) is 0 Å². The van der Waals surface area contributed by atoms with Gasteiger partial charge in [0.05, 0.1) is 24.9 Å². The highest BCUT2D eigenvalue weighted by molar-refractivity contribution is 14.0. The van der Waals surface area contributed by atoms with Gasteiger partial charge in [0.15, 0.2) is 12.8 Å². The van der Waals surface area contributed by atoms with E-state index in [0.29, 0.717) is 18.9 Å². The van der Waals surface area contributed by atoms with Gasteiger partial charge in [-0.1, -0.05) is 0 Å². The average Bonchev–Trinajstić information content (AvgIpc) is 2.64. The summed E-state index contributed by atoms with van der Waals surface area (Å²) in [7, 11) is 0. The number of nitrogens with one attached hydrogen (secondary N) is 1. The third kappa shape index (κ3) is 6.96. The molecule has 2 aliphatic rings. The molecule has 1 saturated heterocycles. The Bertz CT molecular complexity index is 701. The van der Waals surface area contributed by atoms with Gasteiger partial charge >= 0.3 is 0 Å². The minimum Gasteiger partial charge on any atom is -0.467 e. The molecule has 0 aliphatic carbocycles. The van der Waals surface area contributed by atoms with Gasteiger partial charge in [-0.15, -0.1) is 24.0 Å². The number of piperidine rings is 1. The van der Waals surface area contributed by atoms with Gasteiger partial charge in [0.2, 0.25) is 0 Å². The van der Waals surface area contributed by atoms with Crippen molar-refractivity contribution in [3.05, 3.63) is 29.1 Å². The maximum Gasteiger partial charge on any atom is 0.194 e. The van der Waals surface area contributed by atoms with Gasteiger partial charge in [0.25, 0.3) is 0 Å². The normalized spacial score (nSPS) is 18.0. The smallest absolute Gasteiger partial charge is 0.194 e. The van der Waals surface area contributed by atoms with E-state index < -0.39 is 0 Å². The summed E-state index contributed by atoms with van der Waals surface area (Å²) < 4.78 is 30.9. The Morgan fingerprint density at radius 2 is 2.03 bits per heavy atom. The summed E-state index contributed by atoms with van der Waals surface area (Å²) >= 11 is 0. The first kappa shape index (κ1) is 24.1. The van der Waals surface area contributed by atoms with Crippen LogP contribution in [0.15, 0.2) is 17.1 Å². The van der Waals surface area contributed by atoms with Crippen LogP contribution in [0.3, 0.4) is 0 Å². The van der Waals surface area contributed by atoms with Crippen LogP contribution in [0.5, 0.6) is 5.75 Å². The summed E-state index contributed by atoms with van der Waals surface area (Å²) in [6.07, 6.45) is 2.22. The van der Waals surface area contributed by atoms with Crippen molar-refractivity contribution >= 4 is 29.9 Å². The largest absolute Gasteiger partial charge is 0.467 e. The number of rotatable bonds is 4. The third-order valence-electron chi connectivity index (χ3n) is 4.75. The molecule has 3 rings (SSSR count). The predicted molar refractivity (Wildman–Crippen MR) is 122 cm³/mol. The summed E-state index contributed by atoms with van der Waals surface area (Å²) in [5.74, 6) is 1.26. The molecular weight excluding hydrogens is 488 g/mol. The van der Waals surface area contributed by atoms with E-state index >= 15 is 0 Å². The number of hydrogen-bond acceptors (Lipinski definition) is 4. The Morgan fingerprint density at radius 1 is 1.31 bits per heavy atom. The summed E-state index contributed by atoms with van der Waals surface area (Å²) in [6.45, 7) is 11.8. The van der Waals surface area contributed by atoms with Crippen LogP contribution in [0.2, 0.25) is 0 Å². The molecule has 0 atom stereocenters. The van der Waals surface area contributed by atoms with Crippen molar-refractivity contribution in [2.45, 2.75) is 65.4 Å². The zero-order chi connectivity index (χ0) is 20.1. The first-order valence-corrected chi connectivity index (χ1v) is 10.1. The number of ether oxygens (including phenoxy) is 3. The fourth-order valence-electron chi connectivity index (χ4n) is 3.65. The van der Waals surface area contributed by atoms with Crippen LogP contribution < -0.4 is 10.1 Å². The van der Waals surface area contributed by atoms with Gasteiger partial charge in [-0.25, -0.2) is 9.38 Å². The molecule has 164 valence electrons. The van der Waals surface area contributed by atoms with Crippen LogP contribution in [0.25, 0.3) is 0 Å². The van der Waals surface area contributed by atoms with Crippen molar-refractivity contribution in [2.75, 3.05) is 26.4 Å². The topological polar surface area (TPSA) is 55.3 Å². The van der Waals surface area contributed by atoms with Crippen molar-refractivity contribution in [2.24, 2.45) is 4.99 Å². The number of halogens is 2. The molecular formula is C21H33FIN3O3. The van der Waals surface area contributed by atoms with Crippen molar-refractivity contribution in [3.8, 4) is 5.75 Å². The second-order valence-corrected chi connectivity index (χ2v) is 8.25. The molecule has 1 N–H and O–H groups in total. The van der Waals surface area contributed by atoms with E-state index in [0.717, 1.165) is 49.6 Å². The first-order chi connectivity index (χ1) is 13.4. The quantitative estimate of drug-likeness (QED) is 0.368. The molecule has 1 aromatic rings. The second-order valence-electron chi connectivity index (χ2n) is 8.25. The lowest BCUT2D eigenvalue weighted by atomic mass is 10.1. The number of aliphatic imine (C=N–C) groups is 1. The summed E-state index contributed by atoms with van der Waals surface area (Å²) in [4.78, 5) is 7.01. The Hall–Kier alpha value is -1.13. The Kier molecular flexibility index (Phi) is 8.96. The van der Waals surface area contributed by atoms with Crippen LogP contribution in [0.4, 0.5) is 4.39 Å². The van der Waals surface area contributed by atoms with Gasteiger partial charge in [-0.05, 0) is 52.7 Å². The lowest BCUT2D eigenvalue weighted by Crippen LogP contribution is -2.47. The van der Waals surface area contributed by atoms with Crippen molar-refractivity contribution in [1.29, 1.82) is 0 Å². The van der Waals surface area contributed by atoms with E-state index in [9.17, 15) is 4.39 Å². The fraction of sp³-hybridized carbons (Fsp3) is 0.667. The molecule has 0 unspecified atom stereocenters. The number of fused-ring (bicyclic) bond motifs is 1. The van der Waals surface area contributed by atoms with E-state index in [4.69, 9.17) is 19.2 Å². The zero-order valence-electron chi connectivity index (χ0n) is 17.8. The summed E-state index contributed by atoms with van der Waals surface area (Å²) in [6, 6.07) is 2.97. The molecule has 0 radical (unpaired) electrons. The Morgan fingerprint density at radius 3 is 2.69 bits per heavy atom. The van der Waals surface area contributed by atoms with E-state index in [1.807, 2.05) is 0 Å². The number of benzene rings is 1. The third-order valence-corrected chi connectivity index (χ3v) is 4.75. The number of guanidine groups is 1. The molecule has 1 fully saturated rings. The standard InChI is InChI=1S/C21H32FN3O3.HI/c1-5-23-20(25-8-6-18(7-9-25)28-21(2,3)4)24-12-15-10-17(22)11-16-13-26-14-27-19(15)16;/h10-11,18H,5-9,12-14H2,1-4H3,(H,23,24);1H. The van der Waals surface area contributed by atoms with Crippen molar-refractivity contribution in [3.63, 3.8) is 0 Å². The molecule has 2 heterocycles. The zero-order valence-corrected chi connectivity index (χ0v) is 20.1. The molecule has 2 aliphatic heterocycles. The molecule has 29 heavy (non-hydrogen) atoms. The molecule has 0 saturated carbocycles. The SMILES string of the molecule is CCNC(=NCc1cc(F)cc2c1OCOC2)N1CCC(OC(C)(C)C)CC1.I. The molecule has 0 aromatic heterocycles. The molecule has 0 amide bonds. The van der Waals surface area contributed by atoms with E-state index in [-0.39, 0.29) is 48.3 Å². The van der Waals surface area contributed by atoms with Crippen LogP contribution in [-0.4, -0.2) is 49.0 Å². The monoisotopic (exact) mass is 521 g/mol. The molecule has 6 nitrogen and oxygen atoms in total. The van der Waals surface area contributed by atoms with E-state index in [2.05, 4.69) is 37.9 Å². The van der Waals surface area contributed by atoms with Crippen molar-refractivity contribution < 1.29 is 18.6 Å². The van der Waals surface area contributed by atoms with Crippen LogP contribution in [-0.2, 0) is 22.6 Å². The summed E-state index contributed by atoms with van der Waals surface area (Å²) in [5.41, 5.74) is 1.37. The highest BCUT2D eigenvalue weighted by atomic mass is 127. The maximum atomic E-state index is 14.0. The van der Waals surface area contributed by atoms with Crippen molar-refractivity contribution in [1.82, 2.24) is 10.2 Å². The maximum absolute atomic E-state index is 14.0. The average molecular weight is 521 g/mol. The van der Waals surface area contributed by atoms with Gasteiger partial charge in [0, 0.05) is 30.8 Å². The van der Waals surface area contributed by atoms with Gasteiger partial charge < -0.3 is 24.4 Å². The predicted octanol–water partition coefficient (Wildman–Crippen LogP) is 4.06. The molecule has 0 spiro atoms. The summed E-state index contributed by atoms with van der Waals surface area (Å²) in [5, 5.41) is 3.36. The number of likely N-dealkylation sites (tertiary alicyclic amines) is 1. The van der Waals surface area contributed by atoms with Crippen LogP contribution >= 0.6 is 24.0 Å². The number of hydrogen-bond donors (Lipinski definition) is 1. The minimum absolute atomic E-state index is 0. The first-order valence-electron chi connectivity index (χ1n) is 10.1. The number of nitrogens with zero attached hydrogens (tertiary/aromatic N) is 2. The van der Waals surface area contributed by atoms with E-state index in [1.165, 1.54) is 12.1 Å². The van der Waals surface area contributed by atoms with Gasteiger partial charge in [0.1, 0.15) is 11.6 Å². The lowest BCUT2D eigenvalue weighted by molar-refractivity contribution is -0.0772. The Labute approximate surface area is 190 Å². The minimum atomic E-state index is -0.289. The highest BCUT2D eigenvalue weighted by Crippen LogP contribution is 2.30.